The van der Waals surface area contributed by atoms with Gasteiger partial charge in [-0.3, -0.25) is 4.90 Å². The fourth-order valence-electron chi connectivity index (χ4n) is 5.24. The number of aliphatic hydroxyl groups excluding tert-OH is 2. The number of likely N-dealkylation sites (tertiary alicyclic amines) is 1. The summed E-state index contributed by atoms with van der Waals surface area (Å²) in [6.07, 6.45) is 8.52. The van der Waals surface area contributed by atoms with Crippen LogP contribution in [0.1, 0.15) is 59.3 Å². The predicted molar refractivity (Wildman–Crippen MR) is 100 cm³/mol. The number of ether oxygens (including phenoxy) is 1. The van der Waals surface area contributed by atoms with Crippen molar-refractivity contribution >= 4 is 0 Å². The van der Waals surface area contributed by atoms with Gasteiger partial charge in [0.05, 0.1) is 25.4 Å². The SMILES string of the molecule is C[C@H](O)C[C@H]1CCCCN1C[C@@H](O)COCC1=CC[C@H]2C[C@H]1C2(C)C. The van der Waals surface area contributed by atoms with Gasteiger partial charge in [0, 0.05) is 12.6 Å². The highest BCUT2D eigenvalue weighted by Gasteiger charge is 2.50. The van der Waals surface area contributed by atoms with Crippen LogP contribution in [0.2, 0.25) is 0 Å². The van der Waals surface area contributed by atoms with Crippen molar-refractivity contribution in [2.75, 3.05) is 26.3 Å². The first-order chi connectivity index (χ1) is 11.9. The lowest BCUT2D eigenvalue weighted by atomic mass is 9.49. The first-order valence-electron chi connectivity index (χ1n) is 10.2. The molecule has 0 radical (unpaired) electrons. The van der Waals surface area contributed by atoms with Crippen LogP contribution >= 0.6 is 0 Å². The van der Waals surface area contributed by atoms with Gasteiger partial charge in [0.1, 0.15) is 0 Å². The van der Waals surface area contributed by atoms with E-state index in [-0.39, 0.29) is 6.10 Å². The van der Waals surface area contributed by atoms with Crippen molar-refractivity contribution in [2.45, 2.75) is 77.5 Å². The Morgan fingerprint density at radius 3 is 2.80 bits per heavy atom. The first-order valence-corrected chi connectivity index (χ1v) is 10.2. The van der Waals surface area contributed by atoms with E-state index in [0.717, 1.165) is 25.3 Å². The van der Waals surface area contributed by atoms with Gasteiger partial charge in [0.15, 0.2) is 0 Å². The number of hydrogen-bond acceptors (Lipinski definition) is 4. The highest BCUT2D eigenvalue weighted by Crippen LogP contribution is 2.59. The number of rotatable bonds is 8. The fraction of sp³-hybridized carbons (Fsp3) is 0.905. The maximum absolute atomic E-state index is 10.4. The van der Waals surface area contributed by atoms with Gasteiger partial charge in [-0.2, -0.15) is 0 Å². The van der Waals surface area contributed by atoms with Gasteiger partial charge < -0.3 is 14.9 Å². The Hall–Kier alpha value is -0.420. The standard InChI is InChI=1S/C21H37NO3/c1-15(23)10-18-6-4-5-9-22(18)12-19(24)14-25-13-16-7-8-17-11-20(16)21(17,2)3/h7,15,17-20,23-24H,4-6,8-14H2,1-3H3/t15-,17-,18+,19+,20+/m0/s1. The average Bonchev–Trinajstić information content (AvgIpc) is 2.56. The smallest absolute Gasteiger partial charge is 0.0900 e. The first kappa shape index (κ1) is 19.3. The second-order valence-electron chi connectivity index (χ2n) is 9.22. The van der Waals surface area contributed by atoms with Crippen molar-refractivity contribution in [1.82, 2.24) is 4.90 Å². The van der Waals surface area contributed by atoms with Crippen LogP contribution < -0.4 is 0 Å². The van der Waals surface area contributed by atoms with Crippen LogP contribution in [0.4, 0.5) is 0 Å². The summed E-state index contributed by atoms with van der Waals surface area (Å²) in [6, 6.07) is 0.400. The molecule has 4 nitrogen and oxygen atoms in total. The zero-order valence-electron chi connectivity index (χ0n) is 16.3. The molecule has 144 valence electrons. The molecule has 4 heteroatoms. The van der Waals surface area contributed by atoms with E-state index < -0.39 is 6.10 Å². The van der Waals surface area contributed by atoms with Gasteiger partial charge in [-0.25, -0.2) is 0 Å². The van der Waals surface area contributed by atoms with E-state index in [1.807, 2.05) is 6.92 Å². The minimum Gasteiger partial charge on any atom is -0.393 e. The van der Waals surface area contributed by atoms with Gasteiger partial charge in [-0.1, -0.05) is 26.3 Å². The third-order valence-corrected chi connectivity index (χ3v) is 6.97. The number of piperidine rings is 1. The Morgan fingerprint density at radius 2 is 2.12 bits per heavy atom. The van der Waals surface area contributed by atoms with Crippen molar-refractivity contribution in [1.29, 1.82) is 0 Å². The van der Waals surface area contributed by atoms with E-state index in [4.69, 9.17) is 4.74 Å². The third-order valence-electron chi connectivity index (χ3n) is 6.97. The largest absolute Gasteiger partial charge is 0.393 e. The van der Waals surface area contributed by atoms with Crippen molar-refractivity contribution in [2.24, 2.45) is 17.3 Å². The number of nitrogens with zero attached hydrogens (tertiary/aromatic N) is 1. The molecule has 0 amide bonds. The maximum atomic E-state index is 10.4. The lowest BCUT2D eigenvalue weighted by molar-refractivity contribution is -0.0299. The molecule has 2 N–H and O–H groups in total. The molecule has 4 rings (SSSR count). The van der Waals surface area contributed by atoms with Crippen molar-refractivity contribution < 1.29 is 14.9 Å². The van der Waals surface area contributed by atoms with Gasteiger partial charge in [-0.15, -0.1) is 0 Å². The Kier molecular flexibility index (Phi) is 6.25. The van der Waals surface area contributed by atoms with E-state index >= 15 is 0 Å². The zero-order chi connectivity index (χ0) is 18.0. The number of allylic oxidation sites excluding steroid dienone is 1. The minimum atomic E-state index is -0.444. The summed E-state index contributed by atoms with van der Waals surface area (Å²) in [7, 11) is 0. The van der Waals surface area contributed by atoms with Gasteiger partial charge in [0.2, 0.25) is 0 Å². The van der Waals surface area contributed by atoms with Crippen LogP contribution in [0.3, 0.4) is 0 Å². The van der Waals surface area contributed by atoms with Crippen LogP contribution in [0.25, 0.3) is 0 Å². The van der Waals surface area contributed by atoms with Crippen LogP contribution in [0, 0.1) is 17.3 Å². The van der Waals surface area contributed by atoms with Crippen molar-refractivity contribution in [3.05, 3.63) is 11.6 Å². The summed E-state index contributed by atoms with van der Waals surface area (Å²) in [6.45, 7) is 9.39. The van der Waals surface area contributed by atoms with Gasteiger partial charge in [0.25, 0.3) is 0 Å². The number of aliphatic hydroxyl groups is 2. The molecule has 3 aliphatic carbocycles. The Labute approximate surface area is 153 Å². The molecule has 1 saturated heterocycles. The minimum absolute atomic E-state index is 0.271. The quantitative estimate of drug-likeness (QED) is 0.660. The van der Waals surface area contributed by atoms with Crippen LogP contribution in [-0.2, 0) is 4.74 Å². The molecule has 0 unspecified atom stereocenters. The monoisotopic (exact) mass is 351 g/mol. The van der Waals surface area contributed by atoms with Crippen LogP contribution in [0.15, 0.2) is 11.6 Å². The number of fused-ring (bicyclic) bond motifs is 1. The highest BCUT2D eigenvalue weighted by molar-refractivity contribution is 5.23. The second-order valence-corrected chi connectivity index (χ2v) is 9.22. The fourth-order valence-corrected chi connectivity index (χ4v) is 5.24. The molecule has 4 aliphatic rings. The highest BCUT2D eigenvalue weighted by atomic mass is 16.5. The lowest BCUT2D eigenvalue weighted by Gasteiger charge is -2.56. The molecule has 5 atom stereocenters. The molecule has 1 saturated carbocycles. The second kappa shape index (κ2) is 8.08. The normalized spacial score (nSPS) is 34.1. The Bertz CT molecular complexity index is 474. The number of hydrogen-bond donors (Lipinski definition) is 2. The lowest BCUT2D eigenvalue weighted by Crippen LogP contribution is -2.49. The van der Waals surface area contributed by atoms with Gasteiger partial charge >= 0.3 is 0 Å². The Balaban J connectivity index is 1.40. The molecule has 2 bridgehead atoms. The molecular weight excluding hydrogens is 314 g/mol. The summed E-state index contributed by atoms with van der Waals surface area (Å²) in [5, 5.41) is 20.1. The molecular formula is C21H37NO3. The van der Waals surface area contributed by atoms with E-state index in [1.165, 1.54) is 31.3 Å². The maximum Gasteiger partial charge on any atom is 0.0900 e. The summed E-state index contributed by atoms with van der Waals surface area (Å²) in [4.78, 5) is 2.35. The van der Waals surface area contributed by atoms with Crippen molar-refractivity contribution in [3.8, 4) is 0 Å². The third kappa shape index (κ3) is 4.47. The molecule has 2 fully saturated rings. The molecule has 0 spiro atoms. The molecule has 1 aliphatic heterocycles. The van der Waals surface area contributed by atoms with Crippen LogP contribution in [0.5, 0.6) is 0 Å². The molecule has 0 aromatic rings. The average molecular weight is 352 g/mol. The van der Waals surface area contributed by atoms with E-state index in [1.54, 1.807) is 0 Å². The van der Waals surface area contributed by atoms with E-state index in [0.29, 0.717) is 37.1 Å². The zero-order valence-corrected chi connectivity index (χ0v) is 16.3. The Morgan fingerprint density at radius 1 is 1.32 bits per heavy atom. The van der Waals surface area contributed by atoms with Gasteiger partial charge in [-0.05, 0) is 68.4 Å². The molecule has 0 aromatic heterocycles. The van der Waals surface area contributed by atoms with Crippen LogP contribution in [-0.4, -0.2) is 59.7 Å². The van der Waals surface area contributed by atoms with E-state index in [2.05, 4.69) is 24.8 Å². The summed E-state index contributed by atoms with van der Waals surface area (Å²) >= 11 is 0. The topological polar surface area (TPSA) is 52.9 Å². The van der Waals surface area contributed by atoms with E-state index in [9.17, 15) is 10.2 Å². The molecule has 25 heavy (non-hydrogen) atoms. The predicted octanol–water partition coefficient (Wildman–Crippen LogP) is 2.98. The van der Waals surface area contributed by atoms with Crippen molar-refractivity contribution in [3.63, 3.8) is 0 Å². The summed E-state index contributed by atoms with van der Waals surface area (Å²) in [5.41, 5.74) is 1.89. The summed E-state index contributed by atoms with van der Waals surface area (Å²) < 4.78 is 5.89. The molecule has 1 heterocycles. The number of β-amino-alcohol motifs (C(OH)–C–C–N with tert-alkyl or cyclic N) is 1. The molecule has 0 aromatic carbocycles. The summed E-state index contributed by atoms with van der Waals surface area (Å²) in [5.74, 6) is 1.54.